The van der Waals surface area contributed by atoms with E-state index in [1.807, 2.05) is 17.7 Å². The fourth-order valence-corrected chi connectivity index (χ4v) is 2.04. The normalized spacial score (nSPS) is 14.1. The highest BCUT2D eigenvalue weighted by Gasteiger charge is 2.14. The summed E-state index contributed by atoms with van der Waals surface area (Å²) in [6, 6.07) is 0.170. The molecule has 2 atom stereocenters. The lowest BCUT2D eigenvalue weighted by molar-refractivity contribution is -0.122. The molecule has 0 saturated heterocycles. The topological polar surface area (TPSA) is 67.2 Å². The van der Waals surface area contributed by atoms with Crippen LogP contribution in [0.25, 0.3) is 0 Å². The summed E-state index contributed by atoms with van der Waals surface area (Å²) in [7, 11) is 0. The molecule has 0 spiro atoms. The molecule has 1 heterocycles. The van der Waals surface area contributed by atoms with Crippen molar-refractivity contribution in [2.75, 3.05) is 6.54 Å². The average molecular weight is 267 g/mol. The highest BCUT2D eigenvalue weighted by Crippen LogP contribution is 2.17. The van der Waals surface area contributed by atoms with Crippen molar-refractivity contribution >= 4 is 5.91 Å². The Labute approximate surface area is 115 Å². The molecule has 0 radical (unpaired) electrons. The Morgan fingerprint density at radius 2 is 2.21 bits per heavy atom. The molecule has 108 valence electrons. The molecular weight excluding hydrogens is 242 g/mol. The molecule has 0 aliphatic carbocycles. The van der Waals surface area contributed by atoms with Gasteiger partial charge >= 0.3 is 0 Å². The molecule has 0 aliphatic heterocycles. The lowest BCUT2D eigenvalue weighted by Crippen LogP contribution is -2.29. The van der Waals surface area contributed by atoms with Crippen molar-refractivity contribution in [2.24, 2.45) is 0 Å². The molecule has 0 saturated carbocycles. The number of amides is 1. The van der Waals surface area contributed by atoms with E-state index in [2.05, 4.69) is 17.2 Å². The predicted octanol–water partition coefficient (Wildman–Crippen LogP) is 1.89. The lowest BCUT2D eigenvalue weighted by atomic mass is 10.1. The Bertz CT molecular complexity index is 352. The van der Waals surface area contributed by atoms with Crippen molar-refractivity contribution in [3.63, 3.8) is 0 Å². The third-order valence-corrected chi connectivity index (χ3v) is 3.26. The van der Waals surface area contributed by atoms with Gasteiger partial charge in [0.05, 0.1) is 12.4 Å². The number of carbonyl (C=O) groups excluding carboxylic acids is 1. The van der Waals surface area contributed by atoms with Crippen LogP contribution in [0.1, 0.15) is 52.0 Å². The maximum atomic E-state index is 11.9. The highest BCUT2D eigenvalue weighted by molar-refractivity contribution is 5.76. The third kappa shape index (κ3) is 5.87. The number of carbonyl (C=O) groups is 1. The molecule has 2 unspecified atom stereocenters. The molecule has 5 nitrogen and oxygen atoms in total. The number of nitrogens with one attached hydrogen (secondary N) is 1. The molecule has 5 heteroatoms. The van der Waals surface area contributed by atoms with Gasteiger partial charge in [-0.3, -0.25) is 4.79 Å². The van der Waals surface area contributed by atoms with Crippen LogP contribution in [0.15, 0.2) is 18.7 Å². The molecule has 1 aromatic rings. The van der Waals surface area contributed by atoms with Gasteiger partial charge in [0.1, 0.15) is 0 Å². The van der Waals surface area contributed by atoms with Crippen molar-refractivity contribution in [1.82, 2.24) is 14.9 Å². The maximum absolute atomic E-state index is 11.9. The molecule has 1 rings (SSSR count). The highest BCUT2D eigenvalue weighted by atomic mass is 16.3. The summed E-state index contributed by atoms with van der Waals surface area (Å²) >= 11 is 0. The van der Waals surface area contributed by atoms with Crippen LogP contribution in [-0.2, 0) is 4.79 Å². The quantitative estimate of drug-likeness (QED) is 0.718. The van der Waals surface area contributed by atoms with Gasteiger partial charge in [-0.15, -0.1) is 0 Å². The average Bonchev–Trinajstić information content (AvgIpc) is 2.91. The summed E-state index contributed by atoms with van der Waals surface area (Å²) in [5.74, 6) is 0.0375. The van der Waals surface area contributed by atoms with E-state index in [9.17, 15) is 9.90 Å². The smallest absolute Gasteiger partial charge is 0.222 e. The maximum Gasteiger partial charge on any atom is 0.222 e. The molecule has 19 heavy (non-hydrogen) atoms. The molecule has 0 aliphatic rings. The fraction of sp³-hybridized carbons (Fsp3) is 0.714. The molecule has 1 amide bonds. The van der Waals surface area contributed by atoms with Gasteiger partial charge in [-0.2, -0.15) is 0 Å². The Balaban J connectivity index is 2.35. The number of imidazole rings is 1. The first-order chi connectivity index (χ1) is 9.17. The molecule has 2 N–H and O–H groups in total. The molecule has 1 aromatic heterocycles. The zero-order valence-corrected chi connectivity index (χ0v) is 11.9. The van der Waals surface area contributed by atoms with Crippen LogP contribution < -0.4 is 5.32 Å². The number of rotatable bonds is 9. The predicted molar refractivity (Wildman–Crippen MR) is 74.7 cm³/mol. The van der Waals surface area contributed by atoms with Crippen molar-refractivity contribution in [1.29, 1.82) is 0 Å². The number of hydrogen-bond donors (Lipinski definition) is 2. The zero-order valence-electron chi connectivity index (χ0n) is 11.9. The Morgan fingerprint density at radius 3 is 2.79 bits per heavy atom. The van der Waals surface area contributed by atoms with E-state index < -0.39 is 0 Å². The van der Waals surface area contributed by atoms with E-state index in [1.165, 1.54) is 0 Å². The second kappa shape index (κ2) is 8.69. The van der Waals surface area contributed by atoms with E-state index in [0.29, 0.717) is 19.4 Å². The monoisotopic (exact) mass is 267 g/mol. The van der Waals surface area contributed by atoms with Crippen LogP contribution in [0.3, 0.4) is 0 Å². The van der Waals surface area contributed by atoms with Gasteiger partial charge in [0, 0.05) is 31.4 Å². The first-order valence-electron chi connectivity index (χ1n) is 7.09. The molecule has 0 bridgehead atoms. The van der Waals surface area contributed by atoms with E-state index in [0.717, 1.165) is 19.3 Å². The van der Waals surface area contributed by atoms with Gasteiger partial charge in [-0.25, -0.2) is 4.98 Å². The van der Waals surface area contributed by atoms with Crippen LogP contribution in [0.2, 0.25) is 0 Å². The van der Waals surface area contributed by atoms with Crippen molar-refractivity contribution in [3.05, 3.63) is 18.7 Å². The largest absolute Gasteiger partial charge is 0.393 e. The second-order valence-corrected chi connectivity index (χ2v) is 4.86. The summed E-state index contributed by atoms with van der Waals surface area (Å²) in [4.78, 5) is 15.9. The summed E-state index contributed by atoms with van der Waals surface area (Å²) in [5.41, 5.74) is 0. The second-order valence-electron chi connectivity index (χ2n) is 4.86. The molecular formula is C14H25N3O2. The summed E-state index contributed by atoms with van der Waals surface area (Å²) < 4.78 is 1.99. The van der Waals surface area contributed by atoms with Crippen molar-refractivity contribution in [3.8, 4) is 0 Å². The van der Waals surface area contributed by atoms with Crippen molar-refractivity contribution in [2.45, 2.75) is 58.1 Å². The SMILES string of the molecule is CCCC(CC(=O)NCCC(O)CC)n1ccnc1. The summed E-state index contributed by atoms with van der Waals surface area (Å²) in [6.45, 7) is 4.58. The first kappa shape index (κ1) is 15.7. The minimum Gasteiger partial charge on any atom is -0.393 e. The van der Waals surface area contributed by atoms with Crippen LogP contribution in [-0.4, -0.2) is 33.2 Å². The van der Waals surface area contributed by atoms with Crippen LogP contribution in [0, 0.1) is 0 Å². The number of aromatic nitrogens is 2. The minimum atomic E-state index is -0.319. The third-order valence-electron chi connectivity index (χ3n) is 3.26. The summed E-state index contributed by atoms with van der Waals surface area (Å²) in [6.07, 6.45) is 8.87. The Kier molecular flexibility index (Phi) is 7.18. The number of nitrogens with zero attached hydrogens (tertiary/aromatic N) is 2. The van der Waals surface area contributed by atoms with Crippen LogP contribution >= 0.6 is 0 Å². The van der Waals surface area contributed by atoms with Crippen molar-refractivity contribution < 1.29 is 9.90 Å². The van der Waals surface area contributed by atoms with Gasteiger partial charge in [0.15, 0.2) is 0 Å². The molecule has 0 fully saturated rings. The summed E-state index contributed by atoms with van der Waals surface area (Å²) in [5, 5.41) is 12.3. The van der Waals surface area contributed by atoms with E-state index in [4.69, 9.17) is 0 Å². The van der Waals surface area contributed by atoms with E-state index in [1.54, 1.807) is 12.5 Å². The first-order valence-corrected chi connectivity index (χ1v) is 7.09. The number of hydrogen-bond acceptors (Lipinski definition) is 3. The number of aliphatic hydroxyl groups excluding tert-OH is 1. The van der Waals surface area contributed by atoms with Gasteiger partial charge in [-0.05, 0) is 19.3 Å². The zero-order chi connectivity index (χ0) is 14.1. The van der Waals surface area contributed by atoms with Gasteiger partial charge in [0.2, 0.25) is 5.91 Å². The van der Waals surface area contributed by atoms with E-state index in [-0.39, 0.29) is 18.1 Å². The van der Waals surface area contributed by atoms with Gasteiger partial charge in [-0.1, -0.05) is 20.3 Å². The van der Waals surface area contributed by atoms with Gasteiger partial charge < -0.3 is 15.0 Å². The fourth-order valence-electron chi connectivity index (χ4n) is 2.04. The molecule has 0 aromatic carbocycles. The Hall–Kier alpha value is -1.36. The van der Waals surface area contributed by atoms with Crippen LogP contribution in [0.5, 0.6) is 0 Å². The standard InChI is InChI=1S/C14H25N3O2/c1-3-5-12(17-9-8-15-11-17)10-14(19)16-7-6-13(18)4-2/h8-9,11-13,18H,3-7,10H2,1-2H3,(H,16,19). The minimum absolute atomic E-state index is 0.0375. The van der Waals surface area contributed by atoms with Crippen LogP contribution in [0.4, 0.5) is 0 Å². The van der Waals surface area contributed by atoms with Gasteiger partial charge in [0.25, 0.3) is 0 Å². The lowest BCUT2D eigenvalue weighted by Gasteiger charge is -2.17. The Morgan fingerprint density at radius 1 is 1.42 bits per heavy atom. The van der Waals surface area contributed by atoms with E-state index >= 15 is 0 Å². The number of aliphatic hydroxyl groups is 1.